The van der Waals surface area contributed by atoms with E-state index in [4.69, 9.17) is 14.2 Å². The molecular weight excluding hydrogens is 415 g/mol. The quantitative estimate of drug-likeness (QED) is 0.632. The Bertz CT molecular complexity index is 1160. The third-order valence-corrected chi connectivity index (χ3v) is 5.06. The van der Waals surface area contributed by atoms with Crippen LogP contribution in [0.25, 0.3) is 0 Å². The zero-order valence-electron chi connectivity index (χ0n) is 17.6. The van der Waals surface area contributed by atoms with Gasteiger partial charge < -0.3 is 24.4 Å². The Balaban J connectivity index is 1.61. The second kappa shape index (κ2) is 8.97. The number of rotatable bonds is 6. The predicted molar refractivity (Wildman–Crippen MR) is 117 cm³/mol. The summed E-state index contributed by atoms with van der Waals surface area (Å²) < 4.78 is 30.1. The number of fused-ring (bicyclic) bond motifs is 1. The Morgan fingerprint density at radius 3 is 2.47 bits per heavy atom. The van der Waals surface area contributed by atoms with Gasteiger partial charge in [0.05, 0.1) is 26.5 Å². The minimum atomic E-state index is -0.398. The van der Waals surface area contributed by atoms with Crippen molar-refractivity contribution in [1.29, 1.82) is 0 Å². The molecular formula is C24H21FN2O5. The number of methoxy groups -OCH3 is 2. The van der Waals surface area contributed by atoms with Crippen molar-refractivity contribution in [2.75, 3.05) is 31.0 Å². The highest BCUT2D eigenvalue weighted by molar-refractivity contribution is 6.06. The van der Waals surface area contributed by atoms with Gasteiger partial charge in [-0.2, -0.15) is 0 Å². The van der Waals surface area contributed by atoms with E-state index in [-0.39, 0.29) is 25.0 Å². The summed E-state index contributed by atoms with van der Waals surface area (Å²) in [5.41, 5.74) is 1.62. The lowest BCUT2D eigenvalue weighted by atomic mass is 10.1. The first-order valence-electron chi connectivity index (χ1n) is 9.83. The van der Waals surface area contributed by atoms with Crippen molar-refractivity contribution in [3.05, 3.63) is 77.6 Å². The molecule has 1 N–H and O–H groups in total. The number of benzene rings is 3. The van der Waals surface area contributed by atoms with Crippen LogP contribution in [-0.4, -0.2) is 32.6 Å². The molecule has 0 spiro atoms. The van der Waals surface area contributed by atoms with Crippen molar-refractivity contribution in [1.82, 2.24) is 0 Å². The van der Waals surface area contributed by atoms with E-state index in [1.54, 1.807) is 54.6 Å². The van der Waals surface area contributed by atoms with Gasteiger partial charge in [0.1, 0.15) is 23.1 Å². The van der Waals surface area contributed by atoms with Crippen LogP contribution in [-0.2, 0) is 11.3 Å². The second-order valence-corrected chi connectivity index (χ2v) is 7.10. The van der Waals surface area contributed by atoms with Crippen LogP contribution in [0.4, 0.5) is 15.8 Å². The van der Waals surface area contributed by atoms with Crippen LogP contribution in [0.3, 0.4) is 0 Å². The summed E-state index contributed by atoms with van der Waals surface area (Å²) in [5, 5.41) is 2.80. The van der Waals surface area contributed by atoms with Gasteiger partial charge in [0.25, 0.3) is 11.8 Å². The number of hydrogen-bond donors (Lipinski definition) is 1. The molecule has 1 aliphatic heterocycles. The molecule has 4 rings (SSSR count). The first kappa shape index (κ1) is 21.2. The molecule has 164 valence electrons. The molecule has 0 atom stereocenters. The van der Waals surface area contributed by atoms with Crippen LogP contribution in [0.2, 0.25) is 0 Å². The summed E-state index contributed by atoms with van der Waals surface area (Å²) in [6.45, 7) is -0.0941. The number of carbonyl (C=O) groups excluding carboxylic acids is 2. The number of nitrogens with one attached hydrogen (secondary N) is 1. The average molecular weight is 436 g/mol. The lowest BCUT2D eigenvalue weighted by Gasteiger charge is -2.30. The van der Waals surface area contributed by atoms with Crippen LogP contribution in [0, 0.1) is 5.82 Å². The molecule has 8 heteroatoms. The fraction of sp³-hybridized carbons (Fsp3) is 0.167. The van der Waals surface area contributed by atoms with Crippen molar-refractivity contribution < 1.29 is 28.2 Å². The zero-order valence-corrected chi connectivity index (χ0v) is 17.6. The van der Waals surface area contributed by atoms with E-state index in [1.807, 2.05) is 0 Å². The molecule has 0 bridgehead atoms. The number of anilines is 2. The third kappa shape index (κ3) is 4.34. The molecule has 7 nitrogen and oxygen atoms in total. The molecule has 3 aromatic rings. The van der Waals surface area contributed by atoms with E-state index in [1.165, 1.54) is 25.2 Å². The molecule has 1 aliphatic rings. The number of nitrogens with zero attached hydrogens (tertiary/aromatic N) is 1. The lowest BCUT2D eigenvalue weighted by Crippen LogP contribution is -2.38. The summed E-state index contributed by atoms with van der Waals surface area (Å²) >= 11 is 0. The molecule has 0 saturated carbocycles. The molecule has 2 amide bonds. The Hall–Kier alpha value is -4.07. The normalized spacial score (nSPS) is 12.6. The number of carbonyl (C=O) groups is 2. The van der Waals surface area contributed by atoms with Crippen molar-refractivity contribution in [3.63, 3.8) is 0 Å². The van der Waals surface area contributed by atoms with Gasteiger partial charge in [0.15, 0.2) is 6.61 Å². The highest BCUT2D eigenvalue weighted by Gasteiger charge is 2.27. The van der Waals surface area contributed by atoms with Crippen LogP contribution in [0.5, 0.6) is 17.2 Å². The standard InChI is InChI=1S/C24H21FN2O5/c1-30-18-9-16(10-19(12-18)31-2)24(29)26-17-7-8-22-21(11-17)27(23(28)14-32-22)13-15-5-3-4-6-20(15)25/h3-12H,13-14H2,1-2H3,(H,26,29). The molecule has 1 heterocycles. The lowest BCUT2D eigenvalue weighted by molar-refractivity contribution is -0.121. The Kier molecular flexibility index (Phi) is 5.93. The van der Waals surface area contributed by atoms with E-state index >= 15 is 0 Å². The highest BCUT2D eigenvalue weighted by Crippen LogP contribution is 2.36. The minimum Gasteiger partial charge on any atom is -0.497 e. The number of halogens is 1. The number of amides is 2. The van der Waals surface area contributed by atoms with Crippen molar-refractivity contribution in [2.45, 2.75) is 6.54 Å². The SMILES string of the molecule is COc1cc(OC)cc(C(=O)Nc2ccc3c(c2)N(Cc2ccccc2F)C(=O)CO3)c1. The van der Waals surface area contributed by atoms with Gasteiger partial charge in [-0.05, 0) is 36.4 Å². The van der Waals surface area contributed by atoms with E-state index in [0.29, 0.717) is 39.8 Å². The van der Waals surface area contributed by atoms with E-state index in [9.17, 15) is 14.0 Å². The first-order valence-corrected chi connectivity index (χ1v) is 9.83. The molecule has 32 heavy (non-hydrogen) atoms. The Morgan fingerprint density at radius 1 is 1.06 bits per heavy atom. The summed E-state index contributed by atoms with van der Waals surface area (Å²) in [6.07, 6.45) is 0. The zero-order chi connectivity index (χ0) is 22.7. The van der Waals surface area contributed by atoms with Crippen molar-refractivity contribution >= 4 is 23.2 Å². The maximum Gasteiger partial charge on any atom is 0.265 e. The van der Waals surface area contributed by atoms with Crippen LogP contribution in [0.1, 0.15) is 15.9 Å². The summed E-state index contributed by atoms with van der Waals surface area (Å²) in [6, 6.07) is 16.1. The van der Waals surface area contributed by atoms with Crippen molar-refractivity contribution in [2.24, 2.45) is 0 Å². The van der Waals surface area contributed by atoms with Crippen molar-refractivity contribution in [3.8, 4) is 17.2 Å². The van der Waals surface area contributed by atoms with Gasteiger partial charge in [-0.3, -0.25) is 9.59 Å². The van der Waals surface area contributed by atoms with Crippen LogP contribution >= 0.6 is 0 Å². The van der Waals surface area contributed by atoms with E-state index in [0.717, 1.165) is 0 Å². The van der Waals surface area contributed by atoms with Gasteiger partial charge in [-0.25, -0.2) is 4.39 Å². The van der Waals surface area contributed by atoms with Crippen LogP contribution in [0.15, 0.2) is 60.7 Å². The van der Waals surface area contributed by atoms with E-state index < -0.39 is 5.82 Å². The monoisotopic (exact) mass is 436 g/mol. The maximum absolute atomic E-state index is 14.2. The third-order valence-electron chi connectivity index (χ3n) is 5.06. The minimum absolute atomic E-state index is 0.0480. The Morgan fingerprint density at radius 2 is 1.78 bits per heavy atom. The van der Waals surface area contributed by atoms with Gasteiger partial charge in [0, 0.05) is 22.9 Å². The number of hydrogen-bond acceptors (Lipinski definition) is 5. The van der Waals surface area contributed by atoms with Gasteiger partial charge >= 0.3 is 0 Å². The van der Waals surface area contributed by atoms with Gasteiger partial charge in [0.2, 0.25) is 0 Å². The van der Waals surface area contributed by atoms with Gasteiger partial charge in [-0.15, -0.1) is 0 Å². The first-order chi connectivity index (χ1) is 15.5. The molecule has 0 radical (unpaired) electrons. The molecule has 3 aromatic carbocycles. The summed E-state index contributed by atoms with van der Waals surface area (Å²) in [5.74, 6) is 0.351. The fourth-order valence-corrected chi connectivity index (χ4v) is 3.39. The summed E-state index contributed by atoms with van der Waals surface area (Å²) in [4.78, 5) is 26.8. The second-order valence-electron chi connectivity index (χ2n) is 7.10. The molecule has 0 fully saturated rings. The van der Waals surface area contributed by atoms with E-state index in [2.05, 4.69) is 5.32 Å². The molecule has 0 saturated heterocycles. The average Bonchev–Trinajstić information content (AvgIpc) is 2.81. The van der Waals surface area contributed by atoms with Crippen LogP contribution < -0.4 is 24.4 Å². The molecule has 0 aliphatic carbocycles. The fourth-order valence-electron chi connectivity index (χ4n) is 3.39. The number of ether oxygens (including phenoxy) is 3. The molecule has 0 unspecified atom stereocenters. The summed E-state index contributed by atoms with van der Waals surface area (Å²) in [7, 11) is 3.00. The highest BCUT2D eigenvalue weighted by atomic mass is 19.1. The topological polar surface area (TPSA) is 77.1 Å². The molecule has 0 aromatic heterocycles. The van der Waals surface area contributed by atoms with Gasteiger partial charge in [-0.1, -0.05) is 18.2 Å². The predicted octanol–water partition coefficient (Wildman–Crippen LogP) is 4.02. The Labute approximate surface area is 184 Å². The smallest absolute Gasteiger partial charge is 0.265 e. The maximum atomic E-state index is 14.2. The largest absolute Gasteiger partial charge is 0.497 e.